The van der Waals surface area contributed by atoms with Crippen LogP contribution in [0.15, 0.2) is 46.4 Å². The summed E-state index contributed by atoms with van der Waals surface area (Å²) in [5.74, 6) is 3.00. The number of ether oxygens (including phenoxy) is 2. The lowest BCUT2D eigenvalue weighted by atomic mass is 10.2. The van der Waals surface area contributed by atoms with Gasteiger partial charge in [-0.15, -0.1) is 11.3 Å². The average Bonchev–Trinajstić information content (AvgIpc) is 3.57. The SMILES string of the molecule is COc1ccc(Cn2ncc(C)c2NC(=O)CCCc2nc(-c3cccs3)no2)cc1OC. The van der Waals surface area contributed by atoms with Crippen LogP contribution in [0.1, 0.15) is 29.9 Å². The molecule has 1 amide bonds. The molecule has 0 fully saturated rings. The smallest absolute Gasteiger partial charge is 0.226 e. The van der Waals surface area contributed by atoms with Gasteiger partial charge in [-0.1, -0.05) is 17.3 Å². The number of hydrogen-bond acceptors (Lipinski definition) is 8. The number of benzene rings is 1. The lowest BCUT2D eigenvalue weighted by molar-refractivity contribution is -0.116. The Labute approximate surface area is 195 Å². The van der Waals surface area contributed by atoms with E-state index >= 15 is 0 Å². The van der Waals surface area contributed by atoms with E-state index in [1.807, 2.05) is 42.6 Å². The fraction of sp³-hybridized carbons (Fsp3) is 0.304. The summed E-state index contributed by atoms with van der Waals surface area (Å²) in [6.45, 7) is 2.40. The summed E-state index contributed by atoms with van der Waals surface area (Å²) < 4.78 is 17.7. The maximum absolute atomic E-state index is 12.6. The van der Waals surface area contributed by atoms with Crippen LogP contribution in [0.5, 0.6) is 11.5 Å². The van der Waals surface area contributed by atoms with Gasteiger partial charge in [0.1, 0.15) is 5.82 Å². The van der Waals surface area contributed by atoms with Crippen molar-refractivity contribution >= 4 is 23.1 Å². The first kappa shape index (κ1) is 22.5. The highest BCUT2D eigenvalue weighted by atomic mass is 32.1. The van der Waals surface area contributed by atoms with E-state index in [1.165, 1.54) is 0 Å². The number of amides is 1. The molecule has 0 saturated carbocycles. The maximum Gasteiger partial charge on any atom is 0.226 e. The van der Waals surface area contributed by atoms with Crippen LogP contribution in [0.25, 0.3) is 10.7 Å². The minimum atomic E-state index is -0.0924. The molecule has 10 heteroatoms. The molecular weight excluding hydrogens is 442 g/mol. The summed E-state index contributed by atoms with van der Waals surface area (Å²) in [6.07, 6.45) is 3.20. The molecule has 1 N–H and O–H groups in total. The summed E-state index contributed by atoms with van der Waals surface area (Å²) in [5.41, 5.74) is 1.87. The lowest BCUT2D eigenvalue weighted by Gasteiger charge is -2.12. The van der Waals surface area contributed by atoms with Crippen molar-refractivity contribution < 1.29 is 18.8 Å². The molecule has 0 aliphatic rings. The molecule has 0 unspecified atom stereocenters. The lowest BCUT2D eigenvalue weighted by Crippen LogP contribution is -2.16. The first-order valence-corrected chi connectivity index (χ1v) is 11.3. The first-order valence-electron chi connectivity index (χ1n) is 10.5. The Balaban J connectivity index is 1.34. The largest absolute Gasteiger partial charge is 0.493 e. The Morgan fingerprint density at radius 1 is 1.21 bits per heavy atom. The van der Waals surface area contributed by atoms with Crippen molar-refractivity contribution in [3.8, 4) is 22.2 Å². The molecule has 0 aliphatic carbocycles. The van der Waals surface area contributed by atoms with E-state index in [-0.39, 0.29) is 5.91 Å². The Morgan fingerprint density at radius 3 is 2.82 bits per heavy atom. The predicted molar refractivity (Wildman–Crippen MR) is 125 cm³/mol. The standard InChI is InChI=1S/C23H25N5O4S/c1-15-13-24-28(14-16-9-10-17(30-2)18(12-16)31-3)23(15)25-20(29)7-4-8-21-26-22(27-32-21)19-6-5-11-33-19/h5-6,9-13H,4,7-8,14H2,1-3H3,(H,25,29). The van der Waals surface area contributed by atoms with E-state index < -0.39 is 0 Å². The molecule has 4 rings (SSSR count). The number of thiophene rings is 1. The summed E-state index contributed by atoms with van der Waals surface area (Å²) in [7, 11) is 3.20. The van der Waals surface area contributed by atoms with E-state index in [9.17, 15) is 4.79 Å². The average molecular weight is 468 g/mol. The van der Waals surface area contributed by atoms with Crippen molar-refractivity contribution in [3.63, 3.8) is 0 Å². The topological polar surface area (TPSA) is 104 Å². The highest BCUT2D eigenvalue weighted by Crippen LogP contribution is 2.28. The minimum Gasteiger partial charge on any atom is -0.493 e. The number of hydrogen-bond donors (Lipinski definition) is 1. The molecule has 0 spiro atoms. The highest BCUT2D eigenvalue weighted by molar-refractivity contribution is 7.13. The van der Waals surface area contributed by atoms with Gasteiger partial charge < -0.3 is 19.3 Å². The maximum atomic E-state index is 12.6. The van der Waals surface area contributed by atoms with Crippen molar-refractivity contribution in [2.24, 2.45) is 0 Å². The molecular formula is C23H25N5O4S. The molecule has 0 saturated heterocycles. The van der Waals surface area contributed by atoms with Crippen LogP contribution in [-0.4, -0.2) is 40.0 Å². The van der Waals surface area contributed by atoms with Gasteiger partial charge in [0.2, 0.25) is 17.6 Å². The molecule has 1 aromatic carbocycles. The zero-order chi connectivity index (χ0) is 23.2. The molecule has 0 aliphatic heterocycles. The molecule has 0 radical (unpaired) electrons. The van der Waals surface area contributed by atoms with Gasteiger partial charge in [0.25, 0.3) is 0 Å². The van der Waals surface area contributed by atoms with Crippen LogP contribution >= 0.6 is 11.3 Å². The van der Waals surface area contributed by atoms with Gasteiger partial charge in [-0.25, -0.2) is 4.68 Å². The number of carbonyl (C=O) groups is 1. The third kappa shape index (κ3) is 5.40. The third-order valence-electron chi connectivity index (χ3n) is 5.06. The van der Waals surface area contributed by atoms with Gasteiger partial charge in [-0.3, -0.25) is 4.79 Å². The number of anilines is 1. The summed E-state index contributed by atoms with van der Waals surface area (Å²) in [5, 5.41) is 13.4. The van der Waals surface area contributed by atoms with Gasteiger partial charge in [0.15, 0.2) is 11.5 Å². The Hall–Kier alpha value is -3.66. The Kier molecular flexibility index (Phi) is 7.04. The van der Waals surface area contributed by atoms with Crippen molar-refractivity contribution in [2.75, 3.05) is 19.5 Å². The second-order valence-corrected chi connectivity index (χ2v) is 8.36. The molecule has 33 heavy (non-hydrogen) atoms. The van der Waals surface area contributed by atoms with Crippen LogP contribution in [0.2, 0.25) is 0 Å². The van der Waals surface area contributed by atoms with Gasteiger partial charge in [-0.05, 0) is 42.5 Å². The van der Waals surface area contributed by atoms with Crippen LogP contribution in [0, 0.1) is 6.92 Å². The number of rotatable bonds is 10. The van der Waals surface area contributed by atoms with Crippen molar-refractivity contribution in [2.45, 2.75) is 32.7 Å². The number of methoxy groups -OCH3 is 2. The number of carbonyl (C=O) groups excluding carboxylic acids is 1. The summed E-state index contributed by atoms with van der Waals surface area (Å²) in [4.78, 5) is 17.9. The van der Waals surface area contributed by atoms with Gasteiger partial charge >= 0.3 is 0 Å². The normalized spacial score (nSPS) is 10.9. The van der Waals surface area contributed by atoms with E-state index in [0.717, 1.165) is 16.0 Å². The van der Waals surface area contributed by atoms with E-state index in [4.69, 9.17) is 14.0 Å². The zero-order valence-corrected chi connectivity index (χ0v) is 19.5. The monoisotopic (exact) mass is 467 g/mol. The van der Waals surface area contributed by atoms with Crippen LogP contribution in [-0.2, 0) is 17.8 Å². The molecule has 0 bridgehead atoms. The van der Waals surface area contributed by atoms with E-state index in [1.54, 1.807) is 36.4 Å². The summed E-state index contributed by atoms with van der Waals surface area (Å²) in [6, 6.07) is 9.58. The third-order valence-corrected chi connectivity index (χ3v) is 5.93. The van der Waals surface area contributed by atoms with Gasteiger partial charge in [0, 0.05) is 18.4 Å². The molecule has 9 nitrogen and oxygen atoms in total. The summed E-state index contributed by atoms with van der Waals surface area (Å²) >= 11 is 1.56. The quantitative estimate of drug-likeness (QED) is 0.370. The van der Waals surface area contributed by atoms with Crippen LogP contribution < -0.4 is 14.8 Å². The van der Waals surface area contributed by atoms with Gasteiger partial charge in [-0.2, -0.15) is 10.1 Å². The molecule has 3 aromatic heterocycles. The highest BCUT2D eigenvalue weighted by Gasteiger charge is 2.14. The number of nitrogens with one attached hydrogen (secondary N) is 1. The van der Waals surface area contributed by atoms with Crippen LogP contribution in [0.3, 0.4) is 0 Å². The fourth-order valence-corrected chi connectivity index (χ4v) is 4.02. The molecule has 4 aromatic rings. The van der Waals surface area contributed by atoms with Crippen molar-refractivity contribution in [1.29, 1.82) is 0 Å². The second-order valence-electron chi connectivity index (χ2n) is 7.41. The van der Waals surface area contributed by atoms with E-state index in [0.29, 0.717) is 54.8 Å². The van der Waals surface area contributed by atoms with Crippen molar-refractivity contribution in [1.82, 2.24) is 19.9 Å². The number of aromatic nitrogens is 4. The molecule has 172 valence electrons. The predicted octanol–water partition coefficient (Wildman–Crippen LogP) is 4.33. The Bertz CT molecular complexity index is 1220. The molecule has 3 heterocycles. The fourth-order valence-electron chi connectivity index (χ4n) is 3.37. The van der Waals surface area contributed by atoms with Gasteiger partial charge in [0.05, 0.1) is 31.8 Å². The van der Waals surface area contributed by atoms with Crippen molar-refractivity contribution in [3.05, 3.63) is 58.9 Å². The first-order chi connectivity index (χ1) is 16.1. The number of nitrogens with zero attached hydrogens (tertiary/aromatic N) is 4. The second kappa shape index (κ2) is 10.3. The van der Waals surface area contributed by atoms with E-state index in [2.05, 4.69) is 20.6 Å². The van der Waals surface area contributed by atoms with Crippen LogP contribution in [0.4, 0.5) is 5.82 Å². The Morgan fingerprint density at radius 2 is 2.06 bits per heavy atom. The minimum absolute atomic E-state index is 0.0924. The zero-order valence-electron chi connectivity index (χ0n) is 18.7. The molecule has 0 atom stereocenters. The number of aryl methyl sites for hydroxylation is 2.